The second-order valence-corrected chi connectivity index (χ2v) is 9.77. The van der Waals surface area contributed by atoms with Gasteiger partial charge in [-0.25, -0.2) is 32.5 Å². The fraction of sp³-hybridized carbons (Fsp3) is 0.320. The van der Waals surface area contributed by atoms with Crippen LogP contribution in [0.25, 0.3) is 22.4 Å². The average Bonchev–Trinajstić information content (AvgIpc) is 3.40. The van der Waals surface area contributed by atoms with Gasteiger partial charge in [-0.05, 0) is 35.9 Å². The highest BCUT2D eigenvalue weighted by Gasteiger charge is 2.43. The number of alkyl halides is 2. The van der Waals surface area contributed by atoms with Crippen LogP contribution in [0.15, 0.2) is 37.1 Å². The number of hydrogen-bond donors (Lipinski definition) is 2. The zero-order valence-electron chi connectivity index (χ0n) is 21.7. The SMILES string of the molecule is [B]C([B])(c1cc(-c2cc(F)c(OC)cc2F)ncc1N1CCCC(N)(C(=O)C(F)F)C1)n1cnc2c(N)ncnc21. The number of ketones is 1. The largest absolute Gasteiger partial charge is 0.494 e. The number of nitrogens with two attached hydrogens (primary N) is 2. The van der Waals surface area contributed by atoms with Crippen molar-refractivity contribution in [2.75, 3.05) is 30.8 Å². The Hall–Kier alpha value is -4.20. The van der Waals surface area contributed by atoms with E-state index in [2.05, 4.69) is 19.9 Å². The molecule has 10 nitrogen and oxygen atoms in total. The van der Waals surface area contributed by atoms with Crippen molar-refractivity contribution in [3.05, 3.63) is 54.2 Å². The van der Waals surface area contributed by atoms with Gasteiger partial charge in [0.2, 0.25) is 5.78 Å². The molecule has 1 fully saturated rings. The van der Waals surface area contributed by atoms with Gasteiger partial charge in [0.15, 0.2) is 23.0 Å². The molecule has 0 saturated carbocycles. The highest BCUT2D eigenvalue weighted by atomic mass is 19.3. The second kappa shape index (κ2) is 10.3. The fourth-order valence-corrected chi connectivity index (χ4v) is 5.01. The number of anilines is 2. The smallest absolute Gasteiger partial charge is 0.297 e. The van der Waals surface area contributed by atoms with E-state index in [4.69, 9.17) is 31.9 Å². The third-order valence-electron chi connectivity index (χ3n) is 7.15. The topological polar surface area (TPSA) is 138 Å². The van der Waals surface area contributed by atoms with E-state index in [-0.39, 0.29) is 71.2 Å². The van der Waals surface area contributed by atoms with E-state index in [1.165, 1.54) is 36.6 Å². The van der Waals surface area contributed by atoms with E-state index in [1.807, 2.05) is 0 Å². The molecule has 16 heteroatoms. The van der Waals surface area contributed by atoms with E-state index >= 15 is 4.39 Å². The van der Waals surface area contributed by atoms with Gasteiger partial charge in [-0.3, -0.25) is 9.78 Å². The minimum absolute atomic E-state index is 0.0304. The summed E-state index contributed by atoms with van der Waals surface area (Å²) in [6, 6.07) is 3.10. The maximum absolute atomic E-state index is 15.0. The number of halogens is 4. The summed E-state index contributed by atoms with van der Waals surface area (Å²) in [4.78, 5) is 30.4. The van der Waals surface area contributed by atoms with Gasteiger partial charge >= 0.3 is 0 Å². The Morgan fingerprint density at radius 2 is 1.90 bits per heavy atom. The van der Waals surface area contributed by atoms with Crippen LogP contribution < -0.4 is 21.1 Å². The number of hydrogen-bond acceptors (Lipinski definition) is 9. The van der Waals surface area contributed by atoms with E-state index in [0.29, 0.717) is 0 Å². The van der Waals surface area contributed by atoms with Crippen molar-refractivity contribution >= 4 is 44.1 Å². The standard InChI is InChI=1S/C25H22B2F4N8O2/c1-41-18-7-14(28)12(5-15(18)29)16-6-13(25(26,27)39-11-37-19-22(32)35-10-36-23(19)39)17(8-34-16)38-4-2-3-24(33,9-38)20(40)21(30)31/h5-8,10-11,21H,2-4,9,33H2,1H3,(H2,32,35,36). The number of ether oxygens (including phenoxy) is 1. The first-order valence-electron chi connectivity index (χ1n) is 12.3. The van der Waals surface area contributed by atoms with Gasteiger partial charge in [-0.15, -0.1) is 0 Å². The summed E-state index contributed by atoms with van der Waals surface area (Å²) in [6.45, 7) is -0.0174. The minimum Gasteiger partial charge on any atom is -0.494 e. The first-order chi connectivity index (χ1) is 19.4. The molecule has 0 amide bonds. The molecule has 0 aliphatic carbocycles. The van der Waals surface area contributed by atoms with Crippen LogP contribution in [0.3, 0.4) is 0 Å². The van der Waals surface area contributed by atoms with E-state index < -0.39 is 34.7 Å². The minimum atomic E-state index is -3.27. The van der Waals surface area contributed by atoms with Crippen molar-refractivity contribution in [1.29, 1.82) is 0 Å². The molecule has 0 bridgehead atoms. The summed E-state index contributed by atoms with van der Waals surface area (Å²) in [6.07, 6.45) is 0.790. The highest BCUT2D eigenvalue weighted by Crippen LogP contribution is 2.38. The van der Waals surface area contributed by atoms with Gasteiger partial charge < -0.3 is 25.7 Å². The van der Waals surface area contributed by atoms with Crippen molar-refractivity contribution in [3.8, 4) is 17.0 Å². The molecular weight excluding hydrogens is 542 g/mol. The van der Waals surface area contributed by atoms with Gasteiger partial charge in [0.05, 0.1) is 52.2 Å². The van der Waals surface area contributed by atoms with E-state index in [1.54, 1.807) is 4.90 Å². The summed E-state index contributed by atoms with van der Waals surface area (Å²) < 4.78 is 62.5. The number of carbonyl (C=O) groups is 1. The third-order valence-corrected chi connectivity index (χ3v) is 7.15. The van der Waals surface area contributed by atoms with Crippen LogP contribution in [0, 0.1) is 11.6 Å². The predicted molar refractivity (Wildman–Crippen MR) is 144 cm³/mol. The molecule has 1 saturated heterocycles. The summed E-state index contributed by atoms with van der Waals surface area (Å²) in [5.41, 5.74) is 10.6. The Morgan fingerprint density at radius 1 is 1.15 bits per heavy atom. The molecule has 5 rings (SSSR count). The summed E-state index contributed by atoms with van der Waals surface area (Å²) in [5.74, 6) is -3.34. The molecule has 41 heavy (non-hydrogen) atoms. The van der Waals surface area contributed by atoms with Crippen LogP contribution in [0.5, 0.6) is 5.75 Å². The molecule has 1 unspecified atom stereocenters. The highest BCUT2D eigenvalue weighted by molar-refractivity contribution is 6.40. The Kier molecular flexibility index (Phi) is 7.14. The van der Waals surface area contributed by atoms with Gasteiger partial charge in [0.25, 0.3) is 6.43 Å². The van der Waals surface area contributed by atoms with Crippen LogP contribution >= 0.6 is 0 Å². The molecule has 0 spiro atoms. The Balaban J connectivity index is 1.70. The van der Waals surface area contributed by atoms with Gasteiger partial charge in [0.1, 0.15) is 17.7 Å². The zero-order valence-corrected chi connectivity index (χ0v) is 21.7. The van der Waals surface area contributed by atoms with E-state index in [0.717, 1.165) is 12.1 Å². The zero-order chi connectivity index (χ0) is 29.7. The average molecular weight is 564 g/mol. The first-order valence-corrected chi connectivity index (χ1v) is 12.3. The maximum atomic E-state index is 15.0. The monoisotopic (exact) mass is 564 g/mol. The van der Waals surface area contributed by atoms with Gasteiger partial charge in [0, 0.05) is 24.7 Å². The molecule has 4 heterocycles. The van der Waals surface area contributed by atoms with Crippen molar-refractivity contribution in [2.45, 2.75) is 30.1 Å². The summed E-state index contributed by atoms with van der Waals surface area (Å²) in [7, 11) is 14.6. The molecule has 1 aliphatic rings. The Morgan fingerprint density at radius 3 is 2.61 bits per heavy atom. The van der Waals surface area contributed by atoms with Gasteiger partial charge in [-0.1, -0.05) is 0 Å². The molecule has 1 aromatic carbocycles. The number of benzene rings is 1. The number of rotatable bonds is 7. The number of methoxy groups -OCH3 is 1. The number of pyridine rings is 1. The predicted octanol–water partition coefficient (Wildman–Crippen LogP) is 1.88. The van der Waals surface area contributed by atoms with Crippen LogP contribution in [-0.4, -0.2) is 78.1 Å². The van der Waals surface area contributed by atoms with Gasteiger partial charge in [-0.2, -0.15) is 0 Å². The number of Topliss-reactive ketones (excluding diaryl/α,β-unsaturated/α-hetero) is 1. The fourth-order valence-electron chi connectivity index (χ4n) is 5.01. The van der Waals surface area contributed by atoms with Crippen LogP contribution in [0.2, 0.25) is 0 Å². The first kappa shape index (κ1) is 28.3. The van der Waals surface area contributed by atoms with Crippen LogP contribution in [0.1, 0.15) is 18.4 Å². The second-order valence-electron chi connectivity index (χ2n) is 9.77. The normalized spacial score (nSPS) is 17.8. The van der Waals surface area contributed by atoms with Crippen LogP contribution in [0.4, 0.5) is 29.1 Å². The molecule has 4 aromatic rings. The summed E-state index contributed by atoms with van der Waals surface area (Å²) >= 11 is 0. The van der Waals surface area contributed by atoms with Crippen molar-refractivity contribution in [1.82, 2.24) is 24.5 Å². The molecule has 4 radical (unpaired) electrons. The van der Waals surface area contributed by atoms with Crippen molar-refractivity contribution in [3.63, 3.8) is 0 Å². The van der Waals surface area contributed by atoms with Crippen LogP contribution in [-0.2, 0) is 10.1 Å². The van der Waals surface area contributed by atoms with Crippen molar-refractivity contribution < 1.29 is 27.1 Å². The maximum Gasteiger partial charge on any atom is 0.297 e. The Labute approximate surface area is 233 Å². The molecule has 3 aromatic heterocycles. The number of piperidine rings is 1. The summed E-state index contributed by atoms with van der Waals surface area (Å²) in [5, 5.41) is -1.99. The number of nitrogen functional groups attached to an aromatic ring is 1. The van der Waals surface area contributed by atoms with E-state index in [9.17, 15) is 18.0 Å². The number of nitrogens with zero attached hydrogens (tertiary/aromatic N) is 6. The molecule has 1 aliphatic heterocycles. The van der Waals surface area contributed by atoms with Crippen molar-refractivity contribution in [2.24, 2.45) is 5.73 Å². The lowest BCUT2D eigenvalue weighted by Gasteiger charge is -2.42. The molecule has 1 atom stereocenters. The molecule has 208 valence electrons. The number of fused-ring (bicyclic) bond motifs is 1. The lowest BCUT2D eigenvalue weighted by Crippen LogP contribution is -2.61. The lowest BCUT2D eigenvalue weighted by atomic mass is 9.57. The third kappa shape index (κ3) is 4.85. The number of aromatic nitrogens is 5. The quantitative estimate of drug-likeness (QED) is 0.255. The lowest BCUT2D eigenvalue weighted by molar-refractivity contribution is -0.135. The molecule has 4 N–H and O–H groups in total. The Bertz CT molecular complexity index is 1650. The number of carbonyl (C=O) groups excluding carboxylic acids is 1. The number of imidazole rings is 1. The molecular formula is C25H22B2F4N8O2.